The van der Waals surface area contributed by atoms with E-state index in [1.807, 2.05) is 32.0 Å². The van der Waals surface area contributed by atoms with E-state index in [2.05, 4.69) is 5.32 Å². The first-order chi connectivity index (χ1) is 9.02. The lowest BCUT2D eigenvalue weighted by Crippen LogP contribution is -2.33. The van der Waals surface area contributed by atoms with Gasteiger partial charge in [0, 0.05) is 22.7 Å². The number of nitrogen functional groups attached to an aromatic ring is 1. The summed E-state index contributed by atoms with van der Waals surface area (Å²) in [6, 6.07) is 5.90. The minimum atomic E-state index is -0.169. The normalized spacial score (nSPS) is 12.6. The maximum Gasteiger partial charge on any atom is 0.263 e. The summed E-state index contributed by atoms with van der Waals surface area (Å²) in [7, 11) is 0. The predicted molar refractivity (Wildman–Crippen MR) is 79.6 cm³/mol. The Morgan fingerprint density at radius 1 is 1.53 bits per heavy atom. The summed E-state index contributed by atoms with van der Waals surface area (Å²) in [6.45, 7) is 3.93. The Morgan fingerprint density at radius 3 is 2.95 bits per heavy atom. The molecule has 4 nitrogen and oxygen atoms in total. The van der Waals surface area contributed by atoms with Gasteiger partial charge in [0.05, 0.1) is 5.69 Å². The molecule has 2 aromatic rings. The maximum absolute atomic E-state index is 12.1. The van der Waals surface area contributed by atoms with Gasteiger partial charge in [0.2, 0.25) is 0 Å². The van der Waals surface area contributed by atoms with Crippen LogP contribution in [0.3, 0.4) is 0 Å². The molecule has 4 N–H and O–H groups in total. The average molecular weight is 278 g/mol. The third-order valence-electron chi connectivity index (χ3n) is 3.03. The molecular weight excluding hydrogens is 260 g/mol. The molecule has 1 atom stereocenters. The summed E-state index contributed by atoms with van der Waals surface area (Å²) in [6.07, 6.45) is 0.537. The third kappa shape index (κ3) is 2.88. The van der Waals surface area contributed by atoms with Gasteiger partial charge in [-0.1, -0.05) is 12.1 Å². The highest BCUT2D eigenvalue weighted by Gasteiger charge is 2.17. The van der Waals surface area contributed by atoms with Crippen molar-refractivity contribution in [1.29, 1.82) is 0 Å². The number of hydrogen-bond acceptors (Lipinski definition) is 4. The lowest BCUT2D eigenvalue weighted by Gasteiger charge is -2.11. The van der Waals surface area contributed by atoms with Crippen molar-refractivity contribution in [2.45, 2.75) is 26.3 Å². The van der Waals surface area contributed by atoms with Crippen molar-refractivity contribution < 1.29 is 9.90 Å². The van der Waals surface area contributed by atoms with Gasteiger partial charge in [0.15, 0.2) is 0 Å². The SMILES string of the molecule is Cc1ccc2c(N)c(C(=O)NC(C)CCO)sc2c1. The van der Waals surface area contributed by atoms with Gasteiger partial charge in [-0.3, -0.25) is 4.79 Å². The molecule has 0 fully saturated rings. The van der Waals surface area contributed by atoms with E-state index in [-0.39, 0.29) is 18.6 Å². The smallest absolute Gasteiger partial charge is 0.263 e. The van der Waals surface area contributed by atoms with E-state index in [1.54, 1.807) is 0 Å². The van der Waals surface area contributed by atoms with E-state index in [1.165, 1.54) is 11.3 Å². The molecular formula is C14H18N2O2S. The molecule has 102 valence electrons. The zero-order valence-electron chi connectivity index (χ0n) is 11.1. The number of aliphatic hydroxyl groups is 1. The fourth-order valence-corrected chi connectivity index (χ4v) is 3.07. The van der Waals surface area contributed by atoms with Crippen LogP contribution in [0.5, 0.6) is 0 Å². The Labute approximate surface area is 116 Å². The number of amides is 1. The Morgan fingerprint density at radius 2 is 2.26 bits per heavy atom. The molecule has 2 rings (SSSR count). The van der Waals surface area contributed by atoms with Crippen LogP contribution in [0.25, 0.3) is 10.1 Å². The van der Waals surface area contributed by atoms with Crippen molar-refractivity contribution in [3.8, 4) is 0 Å². The summed E-state index contributed by atoms with van der Waals surface area (Å²) < 4.78 is 1.03. The molecule has 0 saturated heterocycles. The zero-order valence-corrected chi connectivity index (χ0v) is 11.9. The van der Waals surface area contributed by atoms with Gasteiger partial charge in [-0.05, 0) is 31.9 Å². The lowest BCUT2D eigenvalue weighted by molar-refractivity contribution is 0.0939. The van der Waals surface area contributed by atoms with Crippen molar-refractivity contribution in [1.82, 2.24) is 5.32 Å². The summed E-state index contributed by atoms with van der Waals surface area (Å²) in [5.41, 5.74) is 7.72. The highest BCUT2D eigenvalue weighted by atomic mass is 32.1. The van der Waals surface area contributed by atoms with Gasteiger partial charge in [-0.2, -0.15) is 0 Å². The molecule has 0 bridgehead atoms. The monoisotopic (exact) mass is 278 g/mol. The molecule has 1 aromatic heterocycles. The number of carbonyl (C=O) groups is 1. The second-order valence-corrected chi connectivity index (χ2v) is 5.78. The molecule has 0 radical (unpaired) electrons. The summed E-state index contributed by atoms with van der Waals surface area (Å²) in [5.74, 6) is -0.169. The van der Waals surface area contributed by atoms with E-state index in [9.17, 15) is 4.79 Å². The predicted octanol–water partition coefficient (Wildman–Crippen LogP) is 2.29. The minimum absolute atomic E-state index is 0.0581. The molecule has 5 heteroatoms. The van der Waals surface area contributed by atoms with Crippen LogP contribution in [-0.2, 0) is 0 Å². The number of carbonyl (C=O) groups excluding carboxylic acids is 1. The number of fused-ring (bicyclic) bond motifs is 1. The van der Waals surface area contributed by atoms with Gasteiger partial charge < -0.3 is 16.2 Å². The minimum Gasteiger partial charge on any atom is -0.397 e. The largest absolute Gasteiger partial charge is 0.397 e. The maximum atomic E-state index is 12.1. The number of benzene rings is 1. The summed E-state index contributed by atoms with van der Waals surface area (Å²) in [5, 5.41) is 12.6. The number of aryl methyl sites for hydroxylation is 1. The highest BCUT2D eigenvalue weighted by molar-refractivity contribution is 7.21. The number of hydrogen-bond donors (Lipinski definition) is 3. The molecule has 1 heterocycles. The first-order valence-corrected chi connectivity index (χ1v) is 7.05. The van der Waals surface area contributed by atoms with Crippen LogP contribution >= 0.6 is 11.3 Å². The van der Waals surface area contributed by atoms with E-state index in [4.69, 9.17) is 10.8 Å². The Balaban J connectivity index is 2.29. The molecule has 0 saturated carbocycles. The topological polar surface area (TPSA) is 75.4 Å². The van der Waals surface area contributed by atoms with Gasteiger partial charge in [0.25, 0.3) is 5.91 Å². The zero-order chi connectivity index (χ0) is 14.0. The van der Waals surface area contributed by atoms with Gasteiger partial charge >= 0.3 is 0 Å². The van der Waals surface area contributed by atoms with Crippen LogP contribution in [0.15, 0.2) is 18.2 Å². The van der Waals surface area contributed by atoms with E-state index in [0.717, 1.165) is 15.6 Å². The number of thiophene rings is 1. The summed E-state index contributed by atoms with van der Waals surface area (Å²) in [4.78, 5) is 12.7. The van der Waals surface area contributed by atoms with Crippen LogP contribution in [0.1, 0.15) is 28.6 Å². The van der Waals surface area contributed by atoms with Crippen LogP contribution in [-0.4, -0.2) is 23.7 Å². The van der Waals surface area contributed by atoms with E-state index in [0.29, 0.717) is 17.0 Å². The average Bonchev–Trinajstić information content (AvgIpc) is 2.66. The van der Waals surface area contributed by atoms with Crippen LogP contribution in [0, 0.1) is 6.92 Å². The number of aliphatic hydroxyl groups excluding tert-OH is 1. The fraction of sp³-hybridized carbons (Fsp3) is 0.357. The van der Waals surface area contributed by atoms with Crippen LogP contribution in [0.2, 0.25) is 0 Å². The second-order valence-electron chi connectivity index (χ2n) is 4.73. The first kappa shape index (κ1) is 13.8. The Bertz CT molecular complexity index is 607. The molecule has 19 heavy (non-hydrogen) atoms. The Kier molecular flexibility index (Phi) is 4.07. The molecule has 0 aliphatic heterocycles. The molecule has 1 aromatic carbocycles. The van der Waals surface area contributed by atoms with Gasteiger partial charge in [-0.15, -0.1) is 11.3 Å². The van der Waals surface area contributed by atoms with Gasteiger partial charge in [0.1, 0.15) is 4.88 Å². The molecule has 0 aliphatic carbocycles. The van der Waals surface area contributed by atoms with Crippen molar-refractivity contribution in [3.05, 3.63) is 28.6 Å². The van der Waals surface area contributed by atoms with Crippen molar-refractivity contribution in [2.75, 3.05) is 12.3 Å². The van der Waals surface area contributed by atoms with E-state index < -0.39 is 0 Å². The third-order valence-corrected chi connectivity index (χ3v) is 4.20. The van der Waals surface area contributed by atoms with Crippen molar-refractivity contribution in [2.24, 2.45) is 0 Å². The number of nitrogens with one attached hydrogen (secondary N) is 1. The standard InChI is InChI=1S/C14H18N2O2S/c1-8-3-4-10-11(7-8)19-13(12(10)15)14(18)16-9(2)5-6-17/h3-4,7,9,17H,5-6,15H2,1-2H3,(H,16,18). The quantitative estimate of drug-likeness (QED) is 0.803. The van der Waals surface area contributed by atoms with E-state index >= 15 is 0 Å². The molecule has 1 amide bonds. The Hall–Kier alpha value is -1.59. The van der Waals surface area contributed by atoms with Crippen LogP contribution < -0.4 is 11.1 Å². The molecule has 1 unspecified atom stereocenters. The second kappa shape index (κ2) is 5.59. The molecule has 0 spiro atoms. The highest BCUT2D eigenvalue weighted by Crippen LogP contribution is 2.34. The fourth-order valence-electron chi connectivity index (χ4n) is 1.95. The van der Waals surface area contributed by atoms with Gasteiger partial charge in [-0.25, -0.2) is 0 Å². The molecule has 0 aliphatic rings. The summed E-state index contributed by atoms with van der Waals surface area (Å²) >= 11 is 1.41. The number of nitrogens with two attached hydrogens (primary N) is 1. The number of anilines is 1. The van der Waals surface area contributed by atoms with Crippen molar-refractivity contribution >= 4 is 33.0 Å². The van der Waals surface area contributed by atoms with Crippen LogP contribution in [0.4, 0.5) is 5.69 Å². The number of rotatable bonds is 4. The van der Waals surface area contributed by atoms with Crippen molar-refractivity contribution in [3.63, 3.8) is 0 Å². The lowest BCUT2D eigenvalue weighted by atomic mass is 10.1. The first-order valence-electron chi connectivity index (χ1n) is 6.23.